The van der Waals surface area contributed by atoms with Crippen LogP contribution in [0.25, 0.3) is 5.69 Å². The van der Waals surface area contributed by atoms with Crippen LogP contribution < -0.4 is 4.74 Å². The van der Waals surface area contributed by atoms with E-state index in [2.05, 4.69) is 9.97 Å². The maximum absolute atomic E-state index is 13.1. The normalized spacial score (nSPS) is 11.9. The van der Waals surface area contributed by atoms with E-state index in [0.717, 1.165) is 11.4 Å². The van der Waals surface area contributed by atoms with Gasteiger partial charge in [0.05, 0.1) is 36.4 Å². The monoisotopic (exact) mass is 413 g/mol. The molecule has 7 nitrogen and oxygen atoms in total. The number of imidazole rings is 1. The molecule has 0 aliphatic heterocycles. The van der Waals surface area contributed by atoms with Gasteiger partial charge in [0.2, 0.25) is 0 Å². The Labute approximate surface area is 173 Å². The summed E-state index contributed by atoms with van der Waals surface area (Å²) in [6.45, 7) is 5.33. The molecule has 2 heterocycles. The largest absolute Gasteiger partial charge is 0.497 e. The molecule has 0 aliphatic rings. The highest BCUT2D eigenvalue weighted by Crippen LogP contribution is 2.29. The molecular weight excluding hydrogens is 390 g/mol. The Bertz CT molecular complexity index is 1050. The van der Waals surface area contributed by atoms with E-state index in [9.17, 15) is 9.59 Å². The van der Waals surface area contributed by atoms with E-state index in [-0.39, 0.29) is 5.78 Å². The first-order chi connectivity index (χ1) is 13.9. The summed E-state index contributed by atoms with van der Waals surface area (Å²) in [5.41, 5.74) is 2.94. The molecule has 2 aromatic heterocycles. The number of benzene rings is 1. The average Bonchev–Trinajstić information content (AvgIpc) is 3.30. The van der Waals surface area contributed by atoms with E-state index in [1.807, 2.05) is 42.0 Å². The van der Waals surface area contributed by atoms with Crippen molar-refractivity contribution in [3.8, 4) is 11.4 Å². The number of carbonyl (C=O) groups is 2. The second-order valence-electron chi connectivity index (χ2n) is 6.52. The van der Waals surface area contributed by atoms with Crippen molar-refractivity contribution in [2.75, 3.05) is 14.2 Å². The van der Waals surface area contributed by atoms with Crippen LogP contribution in [0.3, 0.4) is 0 Å². The van der Waals surface area contributed by atoms with Crippen LogP contribution in [0.2, 0.25) is 0 Å². The quantitative estimate of drug-likeness (QED) is 0.358. The Kier molecular flexibility index (Phi) is 6.12. The van der Waals surface area contributed by atoms with Crippen LogP contribution >= 0.6 is 11.8 Å². The van der Waals surface area contributed by atoms with E-state index in [1.54, 1.807) is 27.2 Å². The summed E-state index contributed by atoms with van der Waals surface area (Å²) < 4.78 is 12.0. The predicted octanol–water partition coefficient (Wildman–Crippen LogP) is 3.98. The zero-order valence-electron chi connectivity index (χ0n) is 17.0. The number of hydrogen-bond donors (Lipinski definition) is 1. The van der Waals surface area contributed by atoms with Crippen LogP contribution in [0.4, 0.5) is 0 Å². The minimum absolute atomic E-state index is 0.106. The SMILES string of the molecule is COC(=O)c1c(C)[nH]c(C(=O)C(C)Sc2nccn2-c2cccc(OC)c2)c1C. The Balaban J connectivity index is 1.85. The zero-order chi connectivity index (χ0) is 21.1. The van der Waals surface area contributed by atoms with Gasteiger partial charge in [-0.1, -0.05) is 17.8 Å². The minimum Gasteiger partial charge on any atom is -0.497 e. The fraction of sp³-hybridized carbons (Fsp3) is 0.286. The van der Waals surface area contributed by atoms with Crippen molar-refractivity contribution < 1.29 is 19.1 Å². The van der Waals surface area contributed by atoms with Gasteiger partial charge in [0.25, 0.3) is 0 Å². The Morgan fingerprint density at radius 3 is 2.69 bits per heavy atom. The standard InChI is InChI=1S/C21H23N3O4S/c1-12-17(20(26)28-5)13(2)23-18(12)19(25)14(3)29-21-22-9-10-24(21)15-7-6-8-16(11-15)27-4/h6-11,14,23H,1-5H3. The lowest BCUT2D eigenvalue weighted by atomic mass is 10.1. The number of esters is 1. The molecule has 0 aliphatic carbocycles. The molecule has 3 rings (SSSR count). The molecule has 152 valence electrons. The van der Waals surface area contributed by atoms with Gasteiger partial charge in [0.15, 0.2) is 10.9 Å². The highest BCUT2D eigenvalue weighted by atomic mass is 32.2. The number of thioether (sulfide) groups is 1. The molecule has 0 saturated carbocycles. The lowest BCUT2D eigenvalue weighted by Gasteiger charge is -2.12. The number of hydrogen-bond acceptors (Lipinski definition) is 6. The lowest BCUT2D eigenvalue weighted by Crippen LogP contribution is -2.16. The topological polar surface area (TPSA) is 86.2 Å². The van der Waals surface area contributed by atoms with Crippen molar-refractivity contribution >= 4 is 23.5 Å². The lowest BCUT2D eigenvalue weighted by molar-refractivity contribution is 0.0599. The number of carbonyl (C=O) groups excluding carboxylic acids is 2. The minimum atomic E-state index is -0.454. The van der Waals surface area contributed by atoms with Crippen LogP contribution in [0.1, 0.15) is 39.0 Å². The predicted molar refractivity (Wildman–Crippen MR) is 111 cm³/mol. The molecule has 29 heavy (non-hydrogen) atoms. The molecule has 1 N–H and O–H groups in total. The van der Waals surface area contributed by atoms with Gasteiger partial charge in [-0.05, 0) is 38.5 Å². The van der Waals surface area contributed by atoms with E-state index < -0.39 is 11.2 Å². The third kappa shape index (κ3) is 4.07. The van der Waals surface area contributed by atoms with Crippen LogP contribution in [0.15, 0.2) is 41.8 Å². The van der Waals surface area contributed by atoms with Gasteiger partial charge >= 0.3 is 5.97 Å². The summed E-state index contributed by atoms with van der Waals surface area (Å²) in [6, 6.07) is 7.62. The van der Waals surface area contributed by atoms with Gasteiger partial charge < -0.3 is 14.5 Å². The summed E-state index contributed by atoms with van der Waals surface area (Å²) in [5.74, 6) is 0.180. The number of aryl methyl sites for hydroxylation is 1. The molecule has 1 unspecified atom stereocenters. The maximum Gasteiger partial charge on any atom is 0.339 e. The van der Waals surface area contributed by atoms with Gasteiger partial charge in [0, 0.05) is 24.2 Å². The number of rotatable bonds is 7. The summed E-state index contributed by atoms with van der Waals surface area (Å²) in [6.07, 6.45) is 3.53. The van der Waals surface area contributed by atoms with Gasteiger partial charge in [-0.25, -0.2) is 9.78 Å². The van der Waals surface area contributed by atoms with Gasteiger partial charge in [0.1, 0.15) is 5.75 Å². The maximum atomic E-state index is 13.1. The molecule has 3 aromatic rings. The first-order valence-corrected chi connectivity index (χ1v) is 9.91. The van der Waals surface area contributed by atoms with Crippen LogP contribution in [0, 0.1) is 13.8 Å². The van der Waals surface area contributed by atoms with E-state index in [1.165, 1.54) is 18.9 Å². The molecule has 0 fully saturated rings. The summed E-state index contributed by atoms with van der Waals surface area (Å²) >= 11 is 1.35. The Morgan fingerprint density at radius 2 is 2.00 bits per heavy atom. The first-order valence-electron chi connectivity index (χ1n) is 9.03. The molecule has 0 spiro atoms. The molecule has 0 amide bonds. The van der Waals surface area contributed by atoms with Crippen molar-refractivity contribution in [1.29, 1.82) is 0 Å². The van der Waals surface area contributed by atoms with Gasteiger partial charge in [-0.15, -0.1) is 0 Å². The van der Waals surface area contributed by atoms with Crippen LogP contribution in [-0.2, 0) is 4.74 Å². The van der Waals surface area contributed by atoms with Crippen LogP contribution in [-0.4, -0.2) is 45.8 Å². The number of methoxy groups -OCH3 is 2. The number of nitrogens with zero attached hydrogens (tertiary/aromatic N) is 2. The Hall–Kier alpha value is -3.00. The zero-order valence-corrected chi connectivity index (χ0v) is 17.8. The third-order valence-corrected chi connectivity index (χ3v) is 5.74. The summed E-state index contributed by atoms with van der Waals surface area (Å²) in [7, 11) is 2.94. The van der Waals surface area contributed by atoms with Crippen molar-refractivity contribution in [3.63, 3.8) is 0 Å². The number of aromatic amines is 1. The smallest absolute Gasteiger partial charge is 0.339 e. The summed E-state index contributed by atoms with van der Waals surface area (Å²) in [5, 5.41) is 0.275. The molecule has 0 bridgehead atoms. The third-order valence-electron chi connectivity index (χ3n) is 4.66. The van der Waals surface area contributed by atoms with Crippen molar-refractivity contribution in [2.45, 2.75) is 31.2 Å². The number of ketones is 1. The second kappa shape index (κ2) is 8.57. The van der Waals surface area contributed by atoms with Gasteiger partial charge in [-0.2, -0.15) is 0 Å². The average molecular weight is 413 g/mol. The fourth-order valence-electron chi connectivity index (χ4n) is 3.15. The molecule has 0 saturated heterocycles. The molecule has 8 heteroatoms. The fourth-order valence-corrected chi connectivity index (χ4v) is 4.10. The number of Topliss-reactive ketones (excluding diaryl/α,β-unsaturated/α-hetero) is 1. The number of nitrogens with one attached hydrogen (secondary N) is 1. The Morgan fingerprint density at radius 1 is 1.24 bits per heavy atom. The highest BCUT2D eigenvalue weighted by molar-refractivity contribution is 8.00. The number of ether oxygens (including phenoxy) is 2. The van der Waals surface area contributed by atoms with E-state index in [4.69, 9.17) is 9.47 Å². The molecule has 0 radical (unpaired) electrons. The van der Waals surface area contributed by atoms with Gasteiger partial charge in [-0.3, -0.25) is 9.36 Å². The second-order valence-corrected chi connectivity index (χ2v) is 7.83. The van der Waals surface area contributed by atoms with E-state index in [0.29, 0.717) is 27.7 Å². The van der Waals surface area contributed by atoms with Crippen molar-refractivity contribution in [2.24, 2.45) is 0 Å². The highest BCUT2D eigenvalue weighted by Gasteiger charge is 2.26. The first kappa shape index (κ1) is 20.7. The van der Waals surface area contributed by atoms with Crippen molar-refractivity contribution in [3.05, 3.63) is 59.2 Å². The summed E-state index contributed by atoms with van der Waals surface area (Å²) in [4.78, 5) is 32.5. The number of H-pyrrole nitrogens is 1. The van der Waals surface area contributed by atoms with E-state index >= 15 is 0 Å². The van der Waals surface area contributed by atoms with Crippen LogP contribution in [0.5, 0.6) is 5.75 Å². The van der Waals surface area contributed by atoms with Crippen molar-refractivity contribution in [1.82, 2.24) is 14.5 Å². The molecule has 1 atom stereocenters. The number of aromatic nitrogens is 3. The molecule has 1 aromatic carbocycles. The molecular formula is C21H23N3O4S.